The fraction of sp³-hybridized carbons (Fsp3) is 0.423. The summed E-state index contributed by atoms with van der Waals surface area (Å²) in [6.45, 7) is 2.41. The van der Waals surface area contributed by atoms with Crippen LogP contribution in [0.15, 0.2) is 46.1 Å². The van der Waals surface area contributed by atoms with E-state index in [9.17, 15) is 19.1 Å². The maximum Gasteiger partial charge on any atom is 0.166 e. The van der Waals surface area contributed by atoms with Gasteiger partial charge in [-0.15, -0.1) is 23.1 Å². The van der Waals surface area contributed by atoms with Crippen molar-refractivity contribution < 1.29 is 23.8 Å². The SMILES string of the molecule is COc1ccc2ncc(F)c(C(=O)CCC3CCN(CCSc4cccs4)CC3CC(=O)[O-])c2c1. The third-order valence-electron chi connectivity index (χ3n) is 6.60. The number of Topliss-reactive ketones (excluding diaryl/α,β-unsaturated/α-hetero) is 1. The molecule has 0 spiro atoms. The smallest absolute Gasteiger partial charge is 0.166 e. The molecule has 0 bridgehead atoms. The molecule has 186 valence electrons. The second-order valence-corrected chi connectivity index (χ2v) is 11.1. The number of thioether (sulfide) groups is 1. The third-order valence-corrected chi connectivity index (χ3v) is 8.71. The van der Waals surface area contributed by atoms with Crippen LogP contribution in [-0.2, 0) is 4.79 Å². The van der Waals surface area contributed by atoms with Gasteiger partial charge in [-0.2, -0.15) is 0 Å². The zero-order valence-corrected chi connectivity index (χ0v) is 21.2. The van der Waals surface area contributed by atoms with Gasteiger partial charge in [-0.1, -0.05) is 6.07 Å². The first-order valence-corrected chi connectivity index (χ1v) is 13.5. The van der Waals surface area contributed by atoms with E-state index < -0.39 is 11.8 Å². The van der Waals surface area contributed by atoms with Crippen LogP contribution in [0.4, 0.5) is 4.39 Å². The van der Waals surface area contributed by atoms with E-state index in [0.29, 0.717) is 29.6 Å². The molecular weight excluding hydrogens is 487 g/mol. The van der Waals surface area contributed by atoms with E-state index in [2.05, 4.69) is 21.3 Å². The lowest BCUT2D eigenvalue weighted by Gasteiger charge is -2.39. The number of methoxy groups -OCH3 is 1. The minimum atomic E-state index is -1.07. The van der Waals surface area contributed by atoms with Gasteiger partial charge in [-0.3, -0.25) is 9.78 Å². The molecule has 0 saturated carbocycles. The Bertz CT molecular complexity index is 1170. The van der Waals surface area contributed by atoms with Gasteiger partial charge in [0, 0.05) is 36.6 Å². The summed E-state index contributed by atoms with van der Waals surface area (Å²) in [6.07, 6.45) is 2.52. The van der Waals surface area contributed by atoms with E-state index in [1.54, 1.807) is 29.5 Å². The van der Waals surface area contributed by atoms with E-state index in [1.807, 2.05) is 17.8 Å². The highest BCUT2D eigenvalue weighted by molar-refractivity contribution is 8.01. The number of aliphatic carboxylic acids is 1. The maximum atomic E-state index is 14.7. The predicted octanol–water partition coefficient (Wildman–Crippen LogP) is 4.28. The molecule has 2 aromatic heterocycles. The Morgan fingerprint density at radius 2 is 2.17 bits per heavy atom. The van der Waals surface area contributed by atoms with E-state index in [1.165, 1.54) is 11.3 Å². The van der Waals surface area contributed by atoms with Crippen LogP contribution >= 0.6 is 23.1 Å². The van der Waals surface area contributed by atoms with E-state index in [0.717, 1.165) is 31.5 Å². The summed E-state index contributed by atoms with van der Waals surface area (Å²) < 4.78 is 21.2. The number of ether oxygens (including phenoxy) is 1. The molecular formula is C26H28FN2O4S2-. The zero-order valence-electron chi connectivity index (χ0n) is 19.6. The van der Waals surface area contributed by atoms with Gasteiger partial charge in [0.05, 0.1) is 28.6 Å². The first-order chi connectivity index (χ1) is 16.9. The summed E-state index contributed by atoms with van der Waals surface area (Å²) in [5.74, 6) is -0.571. The highest BCUT2D eigenvalue weighted by atomic mass is 32.2. The first-order valence-electron chi connectivity index (χ1n) is 11.7. The molecule has 4 rings (SSSR count). The number of hydrogen-bond donors (Lipinski definition) is 0. The van der Waals surface area contributed by atoms with Gasteiger partial charge in [0.15, 0.2) is 11.6 Å². The molecule has 1 aliphatic heterocycles. The number of carboxylic acids is 1. The van der Waals surface area contributed by atoms with Gasteiger partial charge in [-0.25, -0.2) is 4.39 Å². The largest absolute Gasteiger partial charge is 0.550 e. The van der Waals surface area contributed by atoms with Gasteiger partial charge in [0.25, 0.3) is 0 Å². The Hall–Kier alpha value is -2.49. The molecule has 0 radical (unpaired) electrons. The topological polar surface area (TPSA) is 82.6 Å². The van der Waals surface area contributed by atoms with Gasteiger partial charge in [-0.05, 0) is 67.3 Å². The molecule has 2 atom stereocenters. The summed E-state index contributed by atoms with van der Waals surface area (Å²) in [4.78, 5) is 30.9. The van der Waals surface area contributed by atoms with Gasteiger partial charge >= 0.3 is 0 Å². The number of piperidine rings is 1. The summed E-state index contributed by atoms with van der Waals surface area (Å²) in [7, 11) is 1.51. The summed E-state index contributed by atoms with van der Waals surface area (Å²) in [6, 6.07) is 9.19. The number of aromatic nitrogens is 1. The standard InChI is InChI=1S/C26H29FN2O4S2/c1-33-19-5-6-22-20(14-19)26(21(27)15-28-22)23(30)7-4-17-8-9-29(16-18(17)13-24(31)32)10-12-35-25-3-2-11-34-25/h2-3,5-6,11,14-15,17-18H,4,7-10,12-13,16H2,1H3,(H,31,32)/p-1. The minimum Gasteiger partial charge on any atom is -0.550 e. The molecule has 1 saturated heterocycles. The lowest BCUT2D eigenvalue weighted by Crippen LogP contribution is -2.43. The number of nitrogens with zero attached hydrogens (tertiary/aromatic N) is 2. The van der Waals surface area contributed by atoms with Crippen LogP contribution < -0.4 is 9.84 Å². The first kappa shape index (κ1) is 25.6. The Balaban J connectivity index is 1.39. The second-order valence-electron chi connectivity index (χ2n) is 8.79. The lowest BCUT2D eigenvalue weighted by molar-refractivity contribution is -0.307. The number of likely N-dealkylation sites (tertiary alicyclic amines) is 1. The average molecular weight is 516 g/mol. The fourth-order valence-corrected chi connectivity index (χ4v) is 6.67. The van der Waals surface area contributed by atoms with E-state index in [-0.39, 0.29) is 36.0 Å². The minimum absolute atomic E-state index is 0.0217. The van der Waals surface area contributed by atoms with Crippen molar-refractivity contribution in [2.24, 2.45) is 11.8 Å². The molecule has 3 aromatic rings. The second kappa shape index (κ2) is 12.0. The van der Waals surface area contributed by atoms with Crippen molar-refractivity contribution in [2.45, 2.75) is 29.9 Å². The summed E-state index contributed by atoms with van der Waals surface area (Å²) in [5, 5.41) is 13.9. The molecule has 35 heavy (non-hydrogen) atoms. The molecule has 9 heteroatoms. The molecule has 0 aliphatic carbocycles. The van der Waals surface area contributed by atoms with Crippen molar-refractivity contribution in [2.75, 3.05) is 32.5 Å². The molecule has 6 nitrogen and oxygen atoms in total. The predicted molar refractivity (Wildman–Crippen MR) is 135 cm³/mol. The molecule has 3 heterocycles. The Morgan fingerprint density at radius 1 is 1.31 bits per heavy atom. The molecule has 1 aliphatic rings. The van der Waals surface area contributed by atoms with Crippen molar-refractivity contribution >= 4 is 45.8 Å². The highest BCUT2D eigenvalue weighted by Crippen LogP contribution is 2.32. The molecule has 0 amide bonds. The Labute approximate surface area is 212 Å². The van der Waals surface area contributed by atoms with E-state index >= 15 is 0 Å². The fourth-order valence-electron chi connectivity index (χ4n) is 4.80. The summed E-state index contributed by atoms with van der Waals surface area (Å²) in [5.41, 5.74) is 0.549. The molecule has 1 aromatic carbocycles. The number of pyridine rings is 1. The number of hydrogen-bond acceptors (Lipinski definition) is 8. The number of carbonyl (C=O) groups is 2. The number of rotatable bonds is 11. The lowest BCUT2D eigenvalue weighted by atomic mass is 9.79. The number of halogens is 1. The number of ketones is 1. The van der Waals surface area contributed by atoms with Crippen molar-refractivity contribution in [3.63, 3.8) is 0 Å². The molecule has 2 unspecified atom stereocenters. The van der Waals surface area contributed by atoms with Crippen molar-refractivity contribution in [3.05, 3.63) is 53.3 Å². The summed E-state index contributed by atoms with van der Waals surface area (Å²) >= 11 is 3.53. The average Bonchev–Trinajstić information content (AvgIpc) is 3.36. The van der Waals surface area contributed by atoms with Gasteiger partial charge in [0.1, 0.15) is 5.75 Å². The Morgan fingerprint density at radius 3 is 2.91 bits per heavy atom. The zero-order chi connectivity index (χ0) is 24.8. The van der Waals surface area contributed by atoms with Crippen LogP contribution in [0.25, 0.3) is 10.9 Å². The van der Waals surface area contributed by atoms with Crippen molar-refractivity contribution in [1.29, 1.82) is 0 Å². The van der Waals surface area contributed by atoms with Crippen molar-refractivity contribution in [1.82, 2.24) is 9.88 Å². The third kappa shape index (κ3) is 6.59. The number of thiophene rings is 1. The Kier molecular flexibility index (Phi) is 8.75. The quantitative estimate of drug-likeness (QED) is 0.278. The van der Waals surface area contributed by atoms with Crippen LogP contribution in [-0.4, -0.2) is 54.1 Å². The number of carboxylic acid groups (broad SMARTS) is 1. The van der Waals surface area contributed by atoms with Crippen molar-refractivity contribution in [3.8, 4) is 5.75 Å². The van der Waals surface area contributed by atoms with Gasteiger partial charge in [0.2, 0.25) is 0 Å². The number of fused-ring (bicyclic) bond motifs is 1. The monoisotopic (exact) mass is 515 g/mol. The number of carbonyl (C=O) groups excluding carboxylic acids is 2. The van der Waals surface area contributed by atoms with Gasteiger partial charge < -0.3 is 19.5 Å². The van der Waals surface area contributed by atoms with Crippen LogP contribution in [0, 0.1) is 17.7 Å². The normalized spacial score (nSPS) is 18.6. The maximum absolute atomic E-state index is 14.7. The van der Waals surface area contributed by atoms with Crippen LogP contribution in [0.1, 0.15) is 36.0 Å². The highest BCUT2D eigenvalue weighted by Gasteiger charge is 2.30. The molecule has 1 fully saturated rings. The molecule has 0 N–H and O–H groups in total. The van der Waals surface area contributed by atoms with Crippen LogP contribution in [0.2, 0.25) is 0 Å². The van der Waals surface area contributed by atoms with Crippen LogP contribution in [0.5, 0.6) is 5.75 Å². The van der Waals surface area contributed by atoms with E-state index in [4.69, 9.17) is 4.74 Å². The number of benzene rings is 1. The van der Waals surface area contributed by atoms with Crippen LogP contribution in [0.3, 0.4) is 0 Å².